The monoisotopic (exact) mass is 234 g/mol. The summed E-state index contributed by atoms with van der Waals surface area (Å²) in [7, 11) is 0. The minimum atomic E-state index is 0.706. The van der Waals surface area contributed by atoms with Crippen LogP contribution in [0.2, 0.25) is 0 Å². The summed E-state index contributed by atoms with van der Waals surface area (Å²) < 4.78 is 0. The molecule has 1 saturated carbocycles. The molecule has 0 amide bonds. The van der Waals surface area contributed by atoms with E-state index in [9.17, 15) is 0 Å². The van der Waals surface area contributed by atoms with E-state index < -0.39 is 0 Å². The van der Waals surface area contributed by atoms with Gasteiger partial charge < -0.3 is 0 Å². The molecule has 0 saturated heterocycles. The van der Waals surface area contributed by atoms with E-state index in [0.29, 0.717) is 5.88 Å². The van der Waals surface area contributed by atoms with E-state index in [1.165, 1.54) is 36.0 Å². The molecule has 0 heterocycles. The van der Waals surface area contributed by atoms with Crippen molar-refractivity contribution in [2.24, 2.45) is 0 Å². The summed E-state index contributed by atoms with van der Waals surface area (Å²) in [4.78, 5) is 0. The second kappa shape index (κ2) is 5.54. The van der Waals surface area contributed by atoms with Crippen molar-refractivity contribution in [2.75, 3.05) is 5.88 Å². The molecule has 1 aliphatic carbocycles. The van der Waals surface area contributed by atoms with Crippen LogP contribution in [0, 0.1) is 0 Å². The van der Waals surface area contributed by atoms with Crippen molar-refractivity contribution in [1.82, 2.24) is 0 Å². The highest BCUT2D eigenvalue weighted by Gasteiger charge is 2.18. The Bertz CT molecular complexity index is 358. The summed E-state index contributed by atoms with van der Waals surface area (Å²) in [6.45, 7) is 2.16. The van der Waals surface area contributed by atoms with Crippen LogP contribution in [0.5, 0.6) is 0 Å². The second-order valence-corrected chi connectivity index (χ2v) is 4.99. The smallest absolute Gasteiger partial charge is 0.0258 e. The molecule has 1 heteroatoms. The Morgan fingerprint density at radius 3 is 2.50 bits per heavy atom. The lowest BCUT2D eigenvalue weighted by Gasteiger charge is -2.25. The number of hydrogen-bond donors (Lipinski definition) is 0. The molecular weight excluding hydrogens is 216 g/mol. The highest BCUT2D eigenvalue weighted by Crippen LogP contribution is 2.36. The Morgan fingerprint density at radius 1 is 1.31 bits per heavy atom. The zero-order chi connectivity index (χ0) is 11.4. The predicted molar refractivity (Wildman–Crippen MR) is 72.0 cm³/mol. The Kier molecular flexibility index (Phi) is 4.06. The number of benzene rings is 1. The van der Waals surface area contributed by atoms with Crippen molar-refractivity contribution in [3.8, 4) is 0 Å². The van der Waals surface area contributed by atoms with Gasteiger partial charge >= 0.3 is 0 Å². The summed E-state index contributed by atoms with van der Waals surface area (Å²) in [6.07, 6.45) is 7.32. The van der Waals surface area contributed by atoms with Gasteiger partial charge in [-0.15, -0.1) is 11.6 Å². The number of allylic oxidation sites excluding steroid dienone is 2. The van der Waals surface area contributed by atoms with Crippen molar-refractivity contribution >= 4 is 17.2 Å². The quantitative estimate of drug-likeness (QED) is 0.644. The van der Waals surface area contributed by atoms with Crippen LogP contribution in [0.15, 0.2) is 30.3 Å². The third-order valence-corrected chi connectivity index (χ3v) is 3.72. The van der Waals surface area contributed by atoms with Gasteiger partial charge in [-0.1, -0.05) is 36.8 Å². The summed E-state index contributed by atoms with van der Waals surface area (Å²) in [5.74, 6) is 1.54. The van der Waals surface area contributed by atoms with Crippen LogP contribution in [0.1, 0.15) is 49.7 Å². The fourth-order valence-electron chi connectivity index (χ4n) is 2.15. The number of rotatable bonds is 4. The lowest BCUT2D eigenvalue weighted by Crippen LogP contribution is -2.08. The minimum absolute atomic E-state index is 0.706. The minimum Gasteiger partial charge on any atom is -0.126 e. The molecule has 1 aromatic carbocycles. The highest BCUT2D eigenvalue weighted by molar-refractivity contribution is 6.17. The molecule has 2 rings (SSSR count). The Morgan fingerprint density at radius 2 is 2.00 bits per heavy atom. The molecule has 0 unspecified atom stereocenters. The molecule has 0 N–H and O–H groups in total. The van der Waals surface area contributed by atoms with Gasteiger partial charge in [0.15, 0.2) is 0 Å². The zero-order valence-electron chi connectivity index (χ0n) is 9.88. The number of alkyl halides is 1. The van der Waals surface area contributed by atoms with Crippen LogP contribution in [-0.2, 0) is 0 Å². The molecule has 0 atom stereocenters. The van der Waals surface area contributed by atoms with Gasteiger partial charge in [-0.2, -0.15) is 0 Å². The maximum absolute atomic E-state index is 5.68. The highest BCUT2D eigenvalue weighted by atomic mass is 35.5. The van der Waals surface area contributed by atoms with Crippen molar-refractivity contribution in [3.63, 3.8) is 0 Å². The van der Waals surface area contributed by atoms with Crippen molar-refractivity contribution in [1.29, 1.82) is 0 Å². The first-order valence-electron chi connectivity index (χ1n) is 6.14. The van der Waals surface area contributed by atoms with Crippen molar-refractivity contribution in [3.05, 3.63) is 41.5 Å². The summed E-state index contributed by atoms with van der Waals surface area (Å²) >= 11 is 5.68. The average Bonchev–Trinajstić information content (AvgIpc) is 2.24. The van der Waals surface area contributed by atoms with E-state index in [4.69, 9.17) is 11.6 Å². The van der Waals surface area contributed by atoms with Crippen molar-refractivity contribution in [2.45, 2.75) is 38.5 Å². The summed E-state index contributed by atoms with van der Waals surface area (Å²) in [5.41, 5.74) is 4.18. The predicted octanol–water partition coefficient (Wildman–Crippen LogP) is 4.99. The Balaban J connectivity index is 2.06. The van der Waals surface area contributed by atoms with Crippen LogP contribution < -0.4 is 0 Å². The Hall–Kier alpha value is -0.750. The standard InChI is InChI=1S/C15H19Cl/c1-12(4-3-11-16)13-7-9-15(10-8-13)14-5-2-6-14/h4,7-10,14H,2-3,5-6,11H2,1H3/b12-4-. The van der Waals surface area contributed by atoms with Gasteiger partial charge in [0, 0.05) is 5.88 Å². The normalized spacial score (nSPS) is 17.2. The van der Waals surface area contributed by atoms with Gasteiger partial charge in [-0.25, -0.2) is 0 Å². The van der Waals surface area contributed by atoms with E-state index in [1.807, 2.05) is 0 Å². The topological polar surface area (TPSA) is 0 Å². The van der Waals surface area contributed by atoms with Gasteiger partial charge in [0.05, 0.1) is 0 Å². The number of hydrogen-bond acceptors (Lipinski definition) is 0. The first-order valence-corrected chi connectivity index (χ1v) is 6.68. The van der Waals surface area contributed by atoms with E-state index in [2.05, 4.69) is 37.3 Å². The van der Waals surface area contributed by atoms with Crippen LogP contribution in [-0.4, -0.2) is 5.88 Å². The number of halogens is 1. The third-order valence-electron chi connectivity index (χ3n) is 3.50. The van der Waals surface area contributed by atoms with Gasteiger partial charge in [0.2, 0.25) is 0 Å². The zero-order valence-corrected chi connectivity index (χ0v) is 10.6. The van der Waals surface area contributed by atoms with Crippen LogP contribution in [0.4, 0.5) is 0 Å². The molecule has 0 aliphatic heterocycles. The first kappa shape index (κ1) is 11.7. The largest absolute Gasteiger partial charge is 0.126 e. The van der Waals surface area contributed by atoms with Gasteiger partial charge in [-0.3, -0.25) is 0 Å². The SMILES string of the molecule is C/C(=C/CCCl)c1ccc(C2CCC2)cc1. The van der Waals surface area contributed by atoms with Crippen LogP contribution in [0.25, 0.3) is 5.57 Å². The summed E-state index contributed by atoms with van der Waals surface area (Å²) in [6, 6.07) is 9.07. The van der Waals surface area contributed by atoms with Crippen molar-refractivity contribution < 1.29 is 0 Å². The van der Waals surface area contributed by atoms with E-state index in [0.717, 1.165) is 12.3 Å². The maximum atomic E-state index is 5.68. The molecule has 1 aromatic rings. The second-order valence-electron chi connectivity index (χ2n) is 4.61. The molecule has 0 aromatic heterocycles. The molecule has 1 aliphatic rings. The lowest BCUT2D eigenvalue weighted by molar-refractivity contribution is 0.420. The lowest BCUT2D eigenvalue weighted by atomic mass is 9.80. The fraction of sp³-hybridized carbons (Fsp3) is 0.467. The van der Waals surface area contributed by atoms with E-state index in [1.54, 1.807) is 0 Å². The molecule has 0 radical (unpaired) electrons. The third kappa shape index (κ3) is 2.68. The molecule has 1 fully saturated rings. The van der Waals surface area contributed by atoms with Gasteiger partial charge in [0.25, 0.3) is 0 Å². The fourth-order valence-corrected chi connectivity index (χ4v) is 2.26. The maximum Gasteiger partial charge on any atom is 0.0258 e. The molecule has 16 heavy (non-hydrogen) atoms. The summed E-state index contributed by atoms with van der Waals surface area (Å²) in [5, 5.41) is 0. The van der Waals surface area contributed by atoms with Gasteiger partial charge in [-0.05, 0) is 48.8 Å². The van der Waals surface area contributed by atoms with Crippen LogP contribution >= 0.6 is 11.6 Å². The molecule has 86 valence electrons. The molecular formula is C15H19Cl. The first-order chi connectivity index (χ1) is 7.81. The van der Waals surface area contributed by atoms with E-state index in [-0.39, 0.29) is 0 Å². The van der Waals surface area contributed by atoms with E-state index >= 15 is 0 Å². The van der Waals surface area contributed by atoms with Crippen LogP contribution in [0.3, 0.4) is 0 Å². The average molecular weight is 235 g/mol. The van der Waals surface area contributed by atoms with Gasteiger partial charge in [0.1, 0.15) is 0 Å². The Labute approximate surface area is 103 Å². The molecule has 0 bridgehead atoms. The molecule has 0 spiro atoms. The molecule has 0 nitrogen and oxygen atoms in total.